The fourth-order valence-corrected chi connectivity index (χ4v) is 2.04. The molecule has 1 unspecified atom stereocenters. The standard InChI is InChI=1S/C18H29NO3/c1-4-6-12-22-17-9-7-8-16(13-17)10-11-19-14-15(3)18(20)21-5-2/h7-9,13,15,19H,4-6,10-12,14H2,1-3H3. The molecule has 0 heterocycles. The van der Waals surface area contributed by atoms with E-state index in [4.69, 9.17) is 9.47 Å². The van der Waals surface area contributed by atoms with Gasteiger partial charge >= 0.3 is 5.97 Å². The van der Waals surface area contributed by atoms with E-state index in [1.165, 1.54) is 5.56 Å². The van der Waals surface area contributed by atoms with Gasteiger partial charge in [-0.15, -0.1) is 0 Å². The predicted octanol–water partition coefficient (Wildman–Crippen LogP) is 3.20. The molecule has 0 aliphatic carbocycles. The number of hydrogen-bond acceptors (Lipinski definition) is 4. The van der Waals surface area contributed by atoms with Crippen LogP contribution in [-0.4, -0.2) is 32.3 Å². The van der Waals surface area contributed by atoms with Crippen LogP contribution in [0, 0.1) is 5.92 Å². The van der Waals surface area contributed by atoms with Crippen LogP contribution >= 0.6 is 0 Å². The molecule has 0 saturated carbocycles. The maximum absolute atomic E-state index is 11.5. The Morgan fingerprint density at radius 3 is 2.86 bits per heavy atom. The van der Waals surface area contributed by atoms with Gasteiger partial charge in [-0.1, -0.05) is 32.4 Å². The van der Waals surface area contributed by atoms with Gasteiger partial charge in [0.25, 0.3) is 0 Å². The number of nitrogens with one attached hydrogen (secondary N) is 1. The van der Waals surface area contributed by atoms with Gasteiger partial charge in [-0.25, -0.2) is 0 Å². The van der Waals surface area contributed by atoms with Crippen molar-refractivity contribution in [2.24, 2.45) is 5.92 Å². The van der Waals surface area contributed by atoms with Crippen molar-refractivity contribution in [1.82, 2.24) is 5.32 Å². The number of rotatable bonds is 11. The van der Waals surface area contributed by atoms with Crippen molar-refractivity contribution in [3.05, 3.63) is 29.8 Å². The molecule has 1 aromatic carbocycles. The van der Waals surface area contributed by atoms with E-state index < -0.39 is 0 Å². The molecule has 4 nitrogen and oxygen atoms in total. The molecule has 0 bridgehead atoms. The van der Waals surface area contributed by atoms with Crippen LogP contribution in [0.2, 0.25) is 0 Å². The van der Waals surface area contributed by atoms with Crippen LogP contribution < -0.4 is 10.1 Å². The van der Waals surface area contributed by atoms with Crippen molar-refractivity contribution >= 4 is 5.97 Å². The van der Waals surface area contributed by atoms with Gasteiger partial charge in [-0.05, 0) is 44.0 Å². The molecule has 4 heteroatoms. The van der Waals surface area contributed by atoms with E-state index >= 15 is 0 Å². The summed E-state index contributed by atoms with van der Waals surface area (Å²) in [7, 11) is 0. The summed E-state index contributed by atoms with van der Waals surface area (Å²) in [6.45, 7) is 8.56. The second-order valence-corrected chi connectivity index (χ2v) is 5.46. The normalized spacial score (nSPS) is 12.0. The lowest BCUT2D eigenvalue weighted by atomic mass is 10.1. The molecule has 1 rings (SSSR count). The van der Waals surface area contributed by atoms with Gasteiger partial charge < -0.3 is 14.8 Å². The smallest absolute Gasteiger partial charge is 0.309 e. The third-order valence-electron chi connectivity index (χ3n) is 3.40. The first-order valence-corrected chi connectivity index (χ1v) is 8.26. The third kappa shape index (κ3) is 7.46. The Morgan fingerprint density at radius 2 is 2.14 bits per heavy atom. The molecule has 0 aliphatic heterocycles. The SMILES string of the molecule is CCCCOc1cccc(CCNCC(C)C(=O)OCC)c1. The number of esters is 1. The minimum Gasteiger partial charge on any atom is -0.494 e. The average molecular weight is 307 g/mol. The summed E-state index contributed by atoms with van der Waals surface area (Å²) in [4.78, 5) is 11.5. The molecule has 0 aromatic heterocycles. The Bertz CT molecular complexity index is 434. The van der Waals surface area contributed by atoms with E-state index in [1.807, 2.05) is 26.0 Å². The average Bonchev–Trinajstić information content (AvgIpc) is 2.52. The second kappa shape index (κ2) is 11.1. The highest BCUT2D eigenvalue weighted by Crippen LogP contribution is 2.14. The first kappa shape index (κ1) is 18.5. The molecule has 0 aliphatic rings. The van der Waals surface area contributed by atoms with Crippen LogP contribution in [0.15, 0.2) is 24.3 Å². The summed E-state index contributed by atoms with van der Waals surface area (Å²) in [5.41, 5.74) is 1.24. The minimum absolute atomic E-state index is 0.108. The Morgan fingerprint density at radius 1 is 1.32 bits per heavy atom. The summed E-state index contributed by atoms with van der Waals surface area (Å²) in [6.07, 6.45) is 3.14. The van der Waals surface area contributed by atoms with Crippen LogP contribution in [0.4, 0.5) is 0 Å². The highest BCUT2D eigenvalue weighted by molar-refractivity contribution is 5.72. The van der Waals surface area contributed by atoms with Gasteiger partial charge in [-0.2, -0.15) is 0 Å². The van der Waals surface area contributed by atoms with E-state index in [-0.39, 0.29) is 11.9 Å². The Kier molecular flexibility index (Phi) is 9.31. The van der Waals surface area contributed by atoms with E-state index in [0.29, 0.717) is 13.2 Å². The van der Waals surface area contributed by atoms with Crippen molar-refractivity contribution in [3.8, 4) is 5.75 Å². The monoisotopic (exact) mass is 307 g/mol. The third-order valence-corrected chi connectivity index (χ3v) is 3.40. The number of ether oxygens (including phenoxy) is 2. The van der Waals surface area contributed by atoms with E-state index in [9.17, 15) is 4.79 Å². The maximum Gasteiger partial charge on any atom is 0.309 e. The van der Waals surface area contributed by atoms with Gasteiger partial charge in [0.15, 0.2) is 0 Å². The topological polar surface area (TPSA) is 47.6 Å². The quantitative estimate of drug-likeness (QED) is 0.504. The zero-order valence-corrected chi connectivity index (χ0v) is 14.1. The number of carbonyl (C=O) groups is 1. The summed E-state index contributed by atoms with van der Waals surface area (Å²) >= 11 is 0. The van der Waals surface area contributed by atoms with Crippen LogP contribution in [-0.2, 0) is 16.0 Å². The van der Waals surface area contributed by atoms with E-state index in [0.717, 1.165) is 38.2 Å². The van der Waals surface area contributed by atoms with Crippen molar-refractivity contribution in [2.75, 3.05) is 26.3 Å². The molecular weight excluding hydrogens is 278 g/mol. The molecule has 0 amide bonds. The molecule has 22 heavy (non-hydrogen) atoms. The van der Waals surface area contributed by atoms with Crippen molar-refractivity contribution in [2.45, 2.75) is 40.0 Å². The molecule has 124 valence electrons. The zero-order valence-electron chi connectivity index (χ0n) is 14.1. The Labute approximate surface area is 134 Å². The molecular formula is C18H29NO3. The molecule has 1 N–H and O–H groups in total. The number of benzene rings is 1. The largest absolute Gasteiger partial charge is 0.494 e. The van der Waals surface area contributed by atoms with Gasteiger partial charge in [0.2, 0.25) is 0 Å². The lowest BCUT2D eigenvalue weighted by Crippen LogP contribution is -2.29. The first-order chi connectivity index (χ1) is 10.7. The molecule has 0 radical (unpaired) electrons. The molecule has 0 saturated heterocycles. The highest BCUT2D eigenvalue weighted by atomic mass is 16.5. The van der Waals surface area contributed by atoms with Crippen molar-refractivity contribution in [3.63, 3.8) is 0 Å². The van der Waals surface area contributed by atoms with Crippen molar-refractivity contribution in [1.29, 1.82) is 0 Å². The fourth-order valence-electron chi connectivity index (χ4n) is 2.04. The lowest BCUT2D eigenvalue weighted by molar-refractivity contribution is -0.147. The summed E-state index contributed by atoms with van der Waals surface area (Å²) in [6, 6.07) is 8.21. The summed E-state index contributed by atoms with van der Waals surface area (Å²) in [5.74, 6) is 0.691. The van der Waals surface area contributed by atoms with E-state index in [2.05, 4.69) is 24.4 Å². The molecule has 0 fully saturated rings. The summed E-state index contributed by atoms with van der Waals surface area (Å²) < 4.78 is 10.7. The van der Waals surface area contributed by atoms with Crippen LogP contribution in [0.25, 0.3) is 0 Å². The Balaban J connectivity index is 2.27. The molecule has 1 atom stereocenters. The number of hydrogen-bond donors (Lipinski definition) is 1. The number of carbonyl (C=O) groups excluding carboxylic acids is 1. The maximum atomic E-state index is 11.5. The van der Waals surface area contributed by atoms with Crippen LogP contribution in [0.5, 0.6) is 5.75 Å². The van der Waals surface area contributed by atoms with Crippen LogP contribution in [0.3, 0.4) is 0 Å². The van der Waals surface area contributed by atoms with Gasteiger partial charge in [0.1, 0.15) is 5.75 Å². The van der Waals surface area contributed by atoms with Gasteiger partial charge in [0, 0.05) is 6.54 Å². The van der Waals surface area contributed by atoms with Gasteiger partial charge in [0.05, 0.1) is 19.1 Å². The van der Waals surface area contributed by atoms with E-state index in [1.54, 1.807) is 0 Å². The van der Waals surface area contributed by atoms with Crippen molar-refractivity contribution < 1.29 is 14.3 Å². The minimum atomic E-state index is -0.138. The highest BCUT2D eigenvalue weighted by Gasteiger charge is 2.12. The predicted molar refractivity (Wildman–Crippen MR) is 89.2 cm³/mol. The molecule has 0 spiro atoms. The lowest BCUT2D eigenvalue weighted by Gasteiger charge is -2.12. The Hall–Kier alpha value is -1.55. The van der Waals surface area contributed by atoms with Gasteiger partial charge in [-0.3, -0.25) is 4.79 Å². The first-order valence-electron chi connectivity index (χ1n) is 8.26. The fraction of sp³-hybridized carbons (Fsp3) is 0.611. The number of unbranched alkanes of at least 4 members (excludes halogenated alkanes) is 1. The van der Waals surface area contributed by atoms with Crippen LogP contribution in [0.1, 0.15) is 39.2 Å². The molecule has 1 aromatic rings. The zero-order chi connectivity index (χ0) is 16.2. The summed E-state index contributed by atoms with van der Waals surface area (Å²) in [5, 5.41) is 3.30. The second-order valence-electron chi connectivity index (χ2n) is 5.46.